The Morgan fingerprint density at radius 1 is 1.41 bits per heavy atom. The van der Waals surface area contributed by atoms with Gasteiger partial charge in [-0.25, -0.2) is 0 Å². The molecule has 3 rings (SSSR count). The number of amides is 1. The Morgan fingerprint density at radius 2 is 2.22 bits per heavy atom. The molecule has 1 aromatic carbocycles. The van der Waals surface area contributed by atoms with Gasteiger partial charge in [-0.2, -0.15) is 5.26 Å². The minimum atomic E-state index is -0.130. The molecule has 0 radical (unpaired) electrons. The van der Waals surface area contributed by atoms with Gasteiger partial charge in [0.15, 0.2) is 11.0 Å². The normalized spacial score (nSPS) is 16.2. The van der Waals surface area contributed by atoms with Crippen molar-refractivity contribution in [3.05, 3.63) is 29.3 Å². The van der Waals surface area contributed by atoms with E-state index in [0.717, 1.165) is 30.8 Å². The van der Waals surface area contributed by atoms with Gasteiger partial charge in [0, 0.05) is 23.7 Å². The quantitative estimate of drug-likeness (QED) is 0.536. The monoisotopic (exact) mass is 405 g/mol. The summed E-state index contributed by atoms with van der Waals surface area (Å²) in [5.74, 6) is 0.819. The molecule has 0 saturated carbocycles. The van der Waals surface area contributed by atoms with Gasteiger partial charge in [0.1, 0.15) is 0 Å². The predicted molar refractivity (Wildman–Crippen MR) is 103 cm³/mol. The lowest BCUT2D eigenvalue weighted by atomic mass is 10.2. The van der Waals surface area contributed by atoms with Crippen molar-refractivity contribution in [2.45, 2.75) is 37.1 Å². The Hall–Kier alpha value is -2.08. The van der Waals surface area contributed by atoms with Gasteiger partial charge in [-0.1, -0.05) is 23.4 Å². The highest BCUT2D eigenvalue weighted by Gasteiger charge is 2.22. The number of nitrogens with one attached hydrogen (secondary N) is 1. The largest absolute Gasteiger partial charge is 0.376 e. The first-order valence-electron chi connectivity index (χ1n) is 8.74. The Morgan fingerprint density at radius 3 is 2.93 bits per heavy atom. The molecule has 2 aromatic rings. The number of thioether (sulfide) groups is 1. The molecule has 1 saturated heterocycles. The van der Waals surface area contributed by atoms with E-state index >= 15 is 0 Å². The lowest BCUT2D eigenvalue weighted by molar-refractivity contribution is -0.118. The number of hydrogen-bond acceptors (Lipinski definition) is 6. The van der Waals surface area contributed by atoms with Crippen LogP contribution in [0.5, 0.6) is 0 Å². The van der Waals surface area contributed by atoms with Gasteiger partial charge in [0.2, 0.25) is 5.91 Å². The summed E-state index contributed by atoms with van der Waals surface area (Å²) < 4.78 is 7.77. The first-order valence-corrected chi connectivity index (χ1v) is 10.1. The molecular formula is C18H20ClN5O2S. The van der Waals surface area contributed by atoms with E-state index in [-0.39, 0.29) is 17.8 Å². The van der Waals surface area contributed by atoms with Crippen LogP contribution in [0.1, 0.15) is 19.3 Å². The molecule has 1 aliphatic heterocycles. The number of aromatic nitrogens is 3. The summed E-state index contributed by atoms with van der Waals surface area (Å²) in [6, 6.07) is 9.44. The Kier molecular flexibility index (Phi) is 7.10. The summed E-state index contributed by atoms with van der Waals surface area (Å²) in [7, 11) is 0. The minimum absolute atomic E-state index is 0.121. The summed E-state index contributed by atoms with van der Waals surface area (Å²) in [4.78, 5) is 11.9. The second kappa shape index (κ2) is 9.74. The summed E-state index contributed by atoms with van der Waals surface area (Å²) in [6.45, 7) is 1.77. The van der Waals surface area contributed by atoms with E-state index in [2.05, 4.69) is 15.5 Å². The van der Waals surface area contributed by atoms with Crippen molar-refractivity contribution < 1.29 is 9.53 Å². The average molecular weight is 406 g/mol. The van der Waals surface area contributed by atoms with E-state index in [1.165, 1.54) is 11.8 Å². The summed E-state index contributed by atoms with van der Waals surface area (Å²) >= 11 is 7.31. The van der Waals surface area contributed by atoms with Crippen LogP contribution in [0.15, 0.2) is 29.4 Å². The van der Waals surface area contributed by atoms with Gasteiger partial charge in [0.25, 0.3) is 0 Å². The van der Waals surface area contributed by atoms with Crippen molar-refractivity contribution in [2.24, 2.45) is 0 Å². The van der Waals surface area contributed by atoms with Crippen LogP contribution in [-0.2, 0) is 16.1 Å². The van der Waals surface area contributed by atoms with Crippen LogP contribution in [0.3, 0.4) is 0 Å². The molecule has 1 aliphatic rings. The maximum atomic E-state index is 11.9. The number of halogens is 1. The average Bonchev–Trinajstić information content (AvgIpc) is 3.32. The molecule has 0 spiro atoms. The van der Waals surface area contributed by atoms with Gasteiger partial charge in [-0.15, -0.1) is 10.2 Å². The molecule has 7 nitrogen and oxygen atoms in total. The van der Waals surface area contributed by atoms with E-state index in [1.807, 2.05) is 34.9 Å². The fraction of sp³-hybridized carbons (Fsp3) is 0.444. The first kappa shape index (κ1) is 19.7. The second-order valence-corrected chi connectivity index (χ2v) is 7.48. The highest BCUT2D eigenvalue weighted by Crippen LogP contribution is 2.27. The SMILES string of the molecule is N#CCCNC(=O)CSc1nnc(-c2ccc(Cl)cc2)n1C[C@H]1CCCO1. The number of nitrogens with zero attached hydrogens (tertiary/aromatic N) is 4. The number of carbonyl (C=O) groups excluding carboxylic acids is 1. The highest BCUT2D eigenvalue weighted by molar-refractivity contribution is 7.99. The van der Waals surface area contributed by atoms with E-state index < -0.39 is 0 Å². The predicted octanol–water partition coefficient (Wildman–Crippen LogP) is 2.90. The molecule has 27 heavy (non-hydrogen) atoms. The maximum Gasteiger partial charge on any atom is 0.230 e. The van der Waals surface area contributed by atoms with Crippen LogP contribution in [0.2, 0.25) is 5.02 Å². The number of ether oxygens (including phenoxy) is 1. The van der Waals surface area contributed by atoms with Gasteiger partial charge < -0.3 is 10.1 Å². The van der Waals surface area contributed by atoms with E-state index in [1.54, 1.807) is 0 Å². The fourth-order valence-electron chi connectivity index (χ4n) is 2.80. The van der Waals surface area contributed by atoms with Gasteiger partial charge >= 0.3 is 0 Å². The third-order valence-electron chi connectivity index (χ3n) is 4.12. The van der Waals surface area contributed by atoms with E-state index in [0.29, 0.717) is 29.7 Å². The number of rotatable bonds is 8. The number of carbonyl (C=O) groups is 1. The van der Waals surface area contributed by atoms with Crippen molar-refractivity contribution in [3.63, 3.8) is 0 Å². The molecule has 0 bridgehead atoms. The molecule has 0 aliphatic carbocycles. The topological polar surface area (TPSA) is 92.8 Å². The molecule has 1 aromatic heterocycles. The van der Waals surface area contributed by atoms with Gasteiger partial charge in [0.05, 0.1) is 30.9 Å². The number of hydrogen-bond donors (Lipinski definition) is 1. The van der Waals surface area contributed by atoms with Crippen LogP contribution in [-0.4, -0.2) is 45.7 Å². The zero-order valence-electron chi connectivity index (χ0n) is 14.7. The molecule has 9 heteroatoms. The zero-order valence-corrected chi connectivity index (χ0v) is 16.3. The van der Waals surface area contributed by atoms with Crippen molar-refractivity contribution in [1.29, 1.82) is 5.26 Å². The second-order valence-electron chi connectivity index (χ2n) is 6.11. The third-order valence-corrected chi connectivity index (χ3v) is 5.34. The molecule has 0 unspecified atom stereocenters. The first-order chi connectivity index (χ1) is 13.2. The van der Waals surface area contributed by atoms with Crippen LogP contribution in [0, 0.1) is 11.3 Å². The lowest BCUT2D eigenvalue weighted by Crippen LogP contribution is -2.26. The molecule has 142 valence electrons. The van der Waals surface area contributed by atoms with Crippen molar-refractivity contribution in [3.8, 4) is 17.5 Å². The number of benzene rings is 1. The lowest BCUT2D eigenvalue weighted by Gasteiger charge is -2.14. The van der Waals surface area contributed by atoms with Crippen LogP contribution >= 0.6 is 23.4 Å². The number of nitriles is 1. The fourth-order valence-corrected chi connectivity index (χ4v) is 3.71. The van der Waals surface area contributed by atoms with Crippen molar-refractivity contribution in [2.75, 3.05) is 18.9 Å². The zero-order chi connectivity index (χ0) is 19.1. The van der Waals surface area contributed by atoms with Gasteiger partial charge in [-0.05, 0) is 37.1 Å². The molecular weight excluding hydrogens is 386 g/mol. The Labute approximate surface area is 167 Å². The summed E-state index contributed by atoms with van der Waals surface area (Å²) in [5, 5.41) is 21.2. The van der Waals surface area contributed by atoms with Crippen LogP contribution in [0.4, 0.5) is 0 Å². The van der Waals surface area contributed by atoms with Gasteiger partial charge in [-0.3, -0.25) is 9.36 Å². The summed E-state index contributed by atoms with van der Waals surface area (Å²) in [6.07, 6.45) is 2.46. The standard InChI is InChI=1S/C18H20ClN5O2S/c19-14-6-4-13(5-7-14)17-22-23-18(24(17)11-15-3-1-10-26-15)27-12-16(25)21-9-2-8-20/h4-7,15H,1-3,9-12H2,(H,21,25)/t15-/m1/s1. The van der Waals surface area contributed by atoms with Crippen LogP contribution in [0.25, 0.3) is 11.4 Å². The molecule has 2 heterocycles. The van der Waals surface area contributed by atoms with E-state index in [4.69, 9.17) is 21.6 Å². The minimum Gasteiger partial charge on any atom is -0.376 e. The Bertz CT molecular complexity index is 812. The highest BCUT2D eigenvalue weighted by atomic mass is 35.5. The van der Waals surface area contributed by atoms with Crippen molar-refractivity contribution >= 4 is 29.3 Å². The molecule has 1 N–H and O–H groups in total. The molecule has 1 atom stereocenters. The maximum absolute atomic E-state index is 11.9. The Balaban J connectivity index is 1.75. The summed E-state index contributed by atoms with van der Waals surface area (Å²) in [5.41, 5.74) is 0.912. The van der Waals surface area contributed by atoms with Crippen molar-refractivity contribution in [1.82, 2.24) is 20.1 Å². The van der Waals surface area contributed by atoms with Crippen LogP contribution < -0.4 is 5.32 Å². The third kappa shape index (κ3) is 5.45. The molecule has 1 fully saturated rings. The smallest absolute Gasteiger partial charge is 0.230 e. The molecule has 1 amide bonds. The van der Waals surface area contributed by atoms with E-state index in [9.17, 15) is 4.79 Å².